The molecule has 0 aliphatic carbocycles. The minimum Gasteiger partial charge on any atom is -0.444 e. The van der Waals surface area contributed by atoms with E-state index in [1.54, 1.807) is 20.8 Å². The predicted molar refractivity (Wildman–Crippen MR) is 66.4 cm³/mol. The molecule has 0 aromatic carbocycles. The Labute approximate surface area is 103 Å². The number of carbonyl (C=O) groups excluding carboxylic acids is 2. The van der Waals surface area contributed by atoms with Crippen molar-refractivity contribution >= 4 is 12.0 Å². The molecule has 17 heavy (non-hydrogen) atoms. The lowest BCUT2D eigenvalue weighted by atomic mass is 9.99. The summed E-state index contributed by atoms with van der Waals surface area (Å²) in [5.74, 6) is -0.136. The lowest BCUT2D eigenvalue weighted by Gasteiger charge is -2.25. The first kappa shape index (κ1) is 15.7. The normalized spacial score (nSPS) is 13.3. The molecule has 1 unspecified atom stereocenters. The number of primary amides is 1. The molecular weight excluding hydrogens is 220 g/mol. The second kappa shape index (κ2) is 6.47. The highest BCUT2D eigenvalue weighted by atomic mass is 16.6. The number of nitrogens with two attached hydrogens (primary N) is 1. The van der Waals surface area contributed by atoms with Crippen LogP contribution in [0.1, 0.15) is 47.5 Å². The van der Waals surface area contributed by atoms with Crippen LogP contribution in [0.3, 0.4) is 0 Å². The van der Waals surface area contributed by atoms with Gasteiger partial charge in [0, 0.05) is 12.5 Å². The van der Waals surface area contributed by atoms with E-state index in [2.05, 4.69) is 5.32 Å². The van der Waals surface area contributed by atoms with Crippen molar-refractivity contribution in [1.29, 1.82) is 0 Å². The van der Waals surface area contributed by atoms with Gasteiger partial charge in [-0.3, -0.25) is 4.79 Å². The van der Waals surface area contributed by atoms with Crippen LogP contribution in [0.15, 0.2) is 0 Å². The highest BCUT2D eigenvalue weighted by Crippen LogP contribution is 2.11. The van der Waals surface area contributed by atoms with Crippen molar-refractivity contribution in [3.63, 3.8) is 0 Å². The predicted octanol–water partition coefficient (Wildman–Crippen LogP) is 1.80. The van der Waals surface area contributed by atoms with Gasteiger partial charge in [-0.1, -0.05) is 13.8 Å². The average Bonchev–Trinajstić information content (AvgIpc) is 2.08. The molecule has 0 heterocycles. The van der Waals surface area contributed by atoms with Crippen molar-refractivity contribution in [2.75, 3.05) is 0 Å². The van der Waals surface area contributed by atoms with Crippen molar-refractivity contribution in [2.24, 2.45) is 11.7 Å². The summed E-state index contributed by atoms with van der Waals surface area (Å²) in [7, 11) is 0. The fourth-order valence-electron chi connectivity index (χ4n) is 1.33. The SMILES string of the molecule is CC(C)C(CCC(N)=O)NC(=O)OC(C)(C)C. The third-order valence-corrected chi connectivity index (χ3v) is 2.21. The zero-order valence-corrected chi connectivity index (χ0v) is 11.4. The van der Waals surface area contributed by atoms with Crippen molar-refractivity contribution in [3.05, 3.63) is 0 Å². The molecule has 0 saturated carbocycles. The maximum atomic E-state index is 11.6. The first-order valence-electron chi connectivity index (χ1n) is 5.89. The minimum absolute atomic E-state index is 0.0997. The van der Waals surface area contributed by atoms with Crippen LogP contribution in [0.4, 0.5) is 4.79 Å². The van der Waals surface area contributed by atoms with Gasteiger partial charge in [0.15, 0.2) is 0 Å². The Balaban J connectivity index is 4.25. The van der Waals surface area contributed by atoms with Gasteiger partial charge < -0.3 is 15.8 Å². The molecule has 0 aliphatic rings. The van der Waals surface area contributed by atoms with Gasteiger partial charge in [-0.05, 0) is 33.1 Å². The summed E-state index contributed by atoms with van der Waals surface area (Å²) in [4.78, 5) is 22.3. The van der Waals surface area contributed by atoms with E-state index in [0.29, 0.717) is 6.42 Å². The number of rotatable bonds is 5. The Morgan fingerprint density at radius 2 is 1.82 bits per heavy atom. The van der Waals surface area contributed by atoms with Crippen molar-refractivity contribution in [1.82, 2.24) is 5.32 Å². The molecule has 0 aromatic heterocycles. The van der Waals surface area contributed by atoms with Gasteiger partial charge in [0.2, 0.25) is 5.91 Å². The Morgan fingerprint density at radius 3 is 2.18 bits per heavy atom. The van der Waals surface area contributed by atoms with E-state index in [9.17, 15) is 9.59 Å². The number of alkyl carbamates (subject to hydrolysis) is 1. The molecule has 0 rings (SSSR count). The molecule has 100 valence electrons. The van der Waals surface area contributed by atoms with E-state index in [0.717, 1.165) is 0 Å². The third kappa shape index (κ3) is 8.54. The second-order valence-electron chi connectivity index (χ2n) is 5.50. The minimum atomic E-state index is -0.519. The first-order valence-corrected chi connectivity index (χ1v) is 5.89. The molecule has 0 spiro atoms. The fourth-order valence-corrected chi connectivity index (χ4v) is 1.33. The molecule has 0 radical (unpaired) electrons. The van der Waals surface area contributed by atoms with Gasteiger partial charge in [-0.2, -0.15) is 0 Å². The number of ether oxygens (including phenoxy) is 1. The van der Waals surface area contributed by atoms with Gasteiger partial charge in [-0.15, -0.1) is 0 Å². The van der Waals surface area contributed by atoms with Crippen molar-refractivity contribution in [2.45, 2.75) is 59.1 Å². The molecule has 5 nitrogen and oxygen atoms in total. The van der Waals surface area contributed by atoms with Gasteiger partial charge in [0.05, 0.1) is 0 Å². The lowest BCUT2D eigenvalue weighted by Crippen LogP contribution is -2.42. The Morgan fingerprint density at radius 1 is 1.29 bits per heavy atom. The van der Waals surface area contributed by atoms with Crippen LogP contribution in [-0.2, 0) is 9.53 Å². The van der Waals surface area contributed by atoms with Gasteiger partial charge in [0.1, 0.15) is 5.60 Å². The largest absolute Gasteiger partial charge is 0.444 e. The number of hydrogen-bond acceptors (Lipinski definition) is 3. The maximum Gasteiger partial charge on any atom is 0.407 e. The summed E-state index contributed by atoms with van der Waals surface area (Å²) < 4.78 is 5.16. The Bertz CT molecular complexity index is 269. The summed E-state index contributed by atoms with van der Waals surface area (Å²) in [6.45, 7) is 9.37. The zero-order valence-electron chi connectivity index (χ0n) is 11.4. The Kier molecular flexibility index (Phi) is 5.99. The van der Waals surface area contributed by atoms with E-state index >= 15 is 0 Å². The van der Waals surface area contributed by atoms with Gasteiger partial charge in [0.25, 0.3) is 0 Å². The molecule has 0 saturated heterocycles. The van der Waals surface area contributed by atoms with Crippen LogP contribution >= 0.6 is 0 Å². The lowest BCUT2D eigenvalue weighted by molar-refractivity contribution is -0.118. The van der Waals surface area contributed by atoms with Crippen LogP contribution in [0.5, 0.6) is 0 Å². The van der Waals surface area contributed by atoms with Gasteiger partial charge >= 0.3 is 6.09 Å². The van der Waals surface area contributed by atoms with E-state index in [1.807, 2.05) is 13.8 Å². The molecule has 5 heteroatoms. The molecule has 0 bridgehead atoms. The second-order valence-corrected chi connectivity index (χ2v) is 5.50. The van der Waals surface area contributed by atoms with Crippen LogP contribution < -0.4 is 11.1 Å². The standard InChI is InChI=1S/C12H24N2O3/c1-8(2)9(6-7-10(13)15)14-11(16)17-12(3,4)5/h8-9H,6-7H2,1-5H3,(H2,13,15)(H,14,16). The zero-order chi connectivity index (χ0) is 13.6. The molecule has 3 N–H and O–H groups in total. The summed E-state index contributed by atoms with van der Waals surface area (Å²) in [6, 6.07) is -0.0997. The van der Waals surface area contributed by atoms with Crippen LogP contribution in [-0.4, -0.2) is 23.6 Å². The monoisotopic (exact) mass is 244 g/mol. The molecule has 0 aromatic rings. The molecular formula is C12H24N2O3. The summed E-state index contributed by atoms with van der Waals surface area (Å²) in [5.41, 5.74) is 4.57. The average molecular weight is 244 g/mol. The molecule has 0 aliphatic heterocycles. The first-order chi connectivity index (χ1) is 7.61. The quantitative estimate of drug-likeness (QED) is 0.773. The maximum absolute atomic E-state index is 11.6. The Hall–Kier alpha value is -1.26. The third-order valence-electron chi connectivity index (χ3n) is 2.21. The highest BCUT2D eigenvalue weighted by Gasteiger charge is 2.21. The van der Waals surface area contributed by atoms with Gasteiger partial charge in [-0.25, -0.2) is 4.79 Å². The van der Waals surface area contributed by atoms with E-state index in [-0.39, 0.29) is 24.3 Å². The van der Waals surface area contributed by atoms with E-state index in [4.69, 9.17) is 10.5 Å². The van der Waals surface area contributed by atoms with Crippen molar-refractivity contribution in [3.8, 4) is 0 Å². The van der Waals surface area contributed by atoms with Crippen LogP contribution in [0.2, 0.25) is 0 Å². The smallest absolute Gasteiger partial charge is 0.407 e. The molecule has 2 amide bonds. The summed E-state index contributed by atoms with van der Waals surface area (Å²) in [6.07, 6.45) is 0.339. The van der Waals surface area contributed by atoms with Crippen LogP contribution in [0.25, 0.3) is 0 Å². The van der Waals surface area contributed by atoms with Crippen LogP contribution in [0, 0.1) is 5.92 Å². The molecule has 1 atom stereocenters. The number of amides is 2. The van der Waals surface area contributed by atoms with E-state index < -0.39 is 11.7 Å². The summed E-state index contributed by atoms with van der Waals surface area (Å²) in [5, 5.41) is 2.76. The number of hydrogen-bond donors (Lipinski definition) is 2. The number of carbonyl (C=O) groups is 2. The highest BCUT2D eigenvalue weighted by molar-refractivity contribution is 5.74. The topological polar surface area (TPSA) is 81.4 Å². The molecule has 0 fully saturated rings. The summed E-state index contributed by atoms with van der Waals surface area (Å²) >= 11 is 0. The van der Waals surface area contributed by atoms with E-state index in [1.165, 1.54) is 0 Å². The number of nitrogens with one attached hydrogen (secondary N) is 1. The van der Waals surface area contributed by atoms with Crippen molar-refractivity contribution < 1.29 is 14.3 Å². The fraction of sp³-hybridized carbons (Fsp3) is 0.833.